The number of hydrogen-bond donors (Lipinski definition) is 1. The van der Waals surface area contributed by atoms with E-state index in [1.807, 2.05) is 39.0 Å². The molecule has 0 unspecified atom stereocenters. The van der Waals surface area contributed by atoms with Crippen LogP contribution in [0, 0.1) is 0 Å². The van der Waals surface area contributed by atoms with E-state index in [0.717, 1.165) is 0 Å². The predicted octanol–water partition coefficient (Wildman–Crippen LogP) is 6.79. The van der Waals surface area contributed by atoms with Gasteiger partial charge in [-0.15, -0.1) is 18.3 Å². The number of thioether (sulfide) groups is 1. The Balaban J connectivity index is 1.99. The summed E-state index contributed by atoms with van der Waals surface area (Å²) in [4.78, 5) is 12.4. The average molecular weight is 446 g/mol. The fourth-order valence-electron chi connectivity index (χ4n) is 3.61. The lowest BCUT2D eigenvalue weighted by molar-refractivity contribution is 0.0519. The molecule has 1 N–H and O–H groups in total. The van der Waals surface area contributed by atoms with E-state index in [4.69, 9.17) is 4.74 Å². The maximum atomic E-state index is 12.4. The van der Waals surface area contributed by atoms with Crippen molar-refractivity contribution in [1.82, 2.24) is 5.32 Å². The van der Waals surface area contributed by atoms with Crippen molar-refractivity contribution in [2.75, 3.05) is 5.75 Å². The predicted molar refractivity (Wildman–Crippen MR) is 135 cm³/mol. The zero-order valence-corrected chi connectivity index (χ0v) is 19.8. The first-order chi connectivity index (χ1) is 15.3. The summed E-state index contributed by atoms with van der Waals surface area (Å²) in [6, 6.07) is 31.3. The van der Waals surface area contributed by atoms with Gasteiger partial charge in [0.1, 0.15) is 5.60 Å². The molecule has 0 aromatic heterocycles. The zero-order valence-electron chi connectivity index (χ0n) is 19.0. The summed E-state index contributed by atoms with van der Waals surface area (Å²) in [5, 5.41) is 2.95. The normalized spacial score (nSPS) is 12.6. The minimum Gasteiger partial charge on any atom is -0.444 e. The van der Waals surface area contributed by atoms with Crippen LogP contribution in [0.15, 0.2) is 104 Å². The summed E-state index contributed by atoms with van der Waals surface area (Å²) < 4.78 is 5.01. The molecule has 0 saturated carbocycles. The fraction of sp³-hybridized carbons (Fsp3) is 0.250. The van der Waals surface area contributed by atoms with Crippen molar-refractivity contribution in [2.45, 2.75) is 37.2 Å². The molecule has 3 aromatic carbocycles. The van der Waals surface area contributed by atoms with Crippen LogP contribution < -0.4 is 5.32 Å². The second-order valence-electron chi connectivity index (χ2n) is 8.58. The molecule has 1 amide bonds. The highest BCUT2D eigenvalue weighted by Gasteiger charge is 2.37. The minimum atomic E-state index is -0.551. The van der Waals surface area contributed by atoms with Crippen molar-refractivity contribution in [2.24, 2.45) is 0 Å². The van der Waals surface area contributed by atoms with Gasteiger partial charge >= 0.3 is 6.09 Å². The van der Waals surface area contributed by atoms with Crippen LogP contribution in [0.2, 0.25) is 0 Å². The summed E-state index contributed by atoms with van der Waals surface area (Å²) in [5.41, 5.74) is 3.00. The van der Waals surface area contributed by atoms with E-state index in [9.17, 15) is 4.79 Å². The molecule has 1 atom stereocenters. The fourth-order valence-corrected chi connectivity index (χ4v) is 5.17. The number of rotatable bonds is 8. The number of ether oxygens (including phenoxy) is 1. The number of nitrogens with one attached hydrogen (secondary N) is 1. The lowest BCUT2D eigenvalue weighted by Crippen LogP contribution is -2.40. The molecular formula is C28H31NO2S. The highest BCUT2D eigenvalue weighted by Crippen LogP contribution is 2.48. The maximum absolute atomic E-state index is 12.4. The molecule has 0 aliphatic carbocycles. The van der Waals surface area contributed by atoms with Crippen molar-refractivity contribution in [3.8, 4) is 0 Å². The SMILES string of the molecule is C=C[C@H](CSC(c1ccccc1)(c1ccccc1)c1ccccc1)NC(=O)OC(C)(C)C. The monoisotopic (exact) mass is 445 g/mol. The Kier molecular flexibility index (Phi) is 7.81. The summed E-state index contributed by atoms with van der Waals surface area (Å²) >= 11 is 1.78. The van der Waals surface area contributed by atoms with E-state index in [1.54, 1.807) is 17.8 Å². The van der Waals surface area contributed by atoms with Gasteiger partial charge in [0.05, 0.1) is 10.8 Å². The van der Waals surface area contributed by atoms with E-state index in [2.05, 4.69) is 84.7 Å². The zero-order chi connectivity index (χ0) is 23.0. The Hall–Kier alpha value is -2.98. The third kappa shape index (κ3) is 5.83. The molecule has 0 spiro atoms. The lowest BCUT2D eigenvalue weighted by atomic mass is 9.84. The van der Waals surface area contributed by atoms with E-state index < -0.39 is 16.4 Å². The third-order valence-corrected chi connectivity index (χ3v) is 6.67. The van der Waals surface area contributed by atoms with Gasteiger partial charge in [0, 0.05) is 5.75 Å². The number of amides is 1. The number of carbonyl (C=O) groups is 1. The quantitative estimate of drug-likeness (QED) is 0.306. The number of hydrogen-bond acceptors (Lipinski definition) is 3. The molecular weight excluding hydrogens is 414 g/mol. The van der Waals surface area contributed by atoms with Gasteiger partial charge < -0.3 is 10.1 Å². The Morgan fingerprint density at radius 2 is 1.28 bits per heavy atom. The molecule has 4 heteroatoms. The number of alkyl carbamates (subject to hydrolysis) is 1. The first-order valence-corrected chi connectivity index (χ1v) is 11.8. The molecule has 0 aliphatic rings. The molecule has 32 heavy (non-hydrogen) atoms. The molecule has 0 radical (unpaired) electrons. The maximum Gasteiger partial charge on any atom is 0.408 e. The van der Waals surface area contributed by atoms with Crippen molar-refractivity contribution in [3.63, 3.8) is 0 Å². The van der Waals surface area contributed by atoms with E-state index >= 15 is 0 Å². The summed E-state index contributed by atoms with van der Waals surface area (Å²) in [6.07, 6.45) is 1.33. The molecule has 0 fully saturated rings. The van der Waals surface area contributed by atoms with Gasteiger partial charge in [-0.3, -0.25) is 0 Å². The second kappa shape index (κ2) is 10.6. The molecule has 0 heterocycles. The first kappa shape index (κ1) is 23.7. The van der Waals surface area contributed by atoms with Crippen LogP contribution in [0.3, 0.4) is 0 Å². The van der Waals surface area contributed by atoms with Crippen LogP contribution >= 0.6 is 11.8 Å². The summed E-state index contributed by atoms with van der Waals surface area (Å²) in [5.74, 6) is 0.626. The topological polar surface area (TPSA) is 38.3 Å². The van der Waals surface area contributed by atoms with Gasteiger partial charge in [-0.25, -0.2) is 4.79 Å². The molecule has 166 valence electrons. The molecule has 3 rings (SSSR count). The average Bonchev–Trinajstić information content (AvgIpc) is 2.79. The molecule has 0 bridgehead atoms. The van der Waals surface area contributed by atoms with Crippen LogP contribution in [-0.4, -0.2) is 23.5 Å². The van der Waals surface area contributed by atoms with Crippen molar-refractivity contribution in [3.05, 3.63) is 120 Å². The Morgan fingerprint density at radius 3 is 1.62 bits per heavy atom. The molecule has 3 nitrogen and oxygen atoms in total. The number of carbonyl (C=O) groups excluding carboxylic acids is 1. The van der Waals surface area contributed by atoms with Crippen molar-refractivity contribution >= 4 is 17.9 Å². The van der Waals surface area contributed by atoms with Gasteiger partial charge in [0.15, 0.2) is 0 Å². The largest absolute Gasteiger partial charge is 0.444 e. The first-order valence-electron chi connectivity index (χ1n) is 10.8. The van der Waals surface area contributed by atoms with Crippen LogP contribution in [0.4, 0.5) is 4.79 Å². The van der Waals surface area contributed by atoms with Crippen LogP contribution in [-0.2, 0) is 9.48 Å². The van der Waals surface area contributed by atoms with E-state index in [-0.39, 0.29) is 6.04 Å². The van der Waals surface area contributed by atoms with E-state index in [0.29, 0.717) is 5.75 Å². The van der Waals surface area contributed by atoms with Crippen LogP contribution in [0.25, 0.3) is 0 Å². The standard InChI is InChI=1S/C28H31NO2S/c1-5-25(29-26(30)31-27(2,3)4)21-32-28(22-15-9-6-10-16-22,23-17-11-7-12-18-23)24-19-13-8-14-20-24/h5-20,25H,1,21H2,2-4H3,(H,29,30)/t25-/m1/s1. The highest BCUT2D eigenvalue weighted by molar-refractivity contribution is 8.00. The Bertz CT molecular complexity index is 901. The van der Waals surface area contributed by atoms with Crippen molar-refractivity contribution in [1.29, 1.82) is 0 Å². The molecule has 3 aromatic rings. The van der Waals surface area contributed by atoms with Gasteiger partial charge in [0.25, 0.3) is 0 Å². The third-order valence-electron chi connectivity index (χ3n) is 5.01. The Morgan fingerprint density at radius 1 is 0.875 bits per heavy atom. The minimum absolute atomic E-state index is 0.245. The van der Waals surface area contributed by atoms with Gasteiger partial charge in [-0.2, -0.15) is 0 Å². The highest BCUT2D eigenvalue weighted by atomic mass is 32.2. The summed E-state index contributed by atoms with van der Waals surface area (Å²) in [7, 11) is 0. The number of benzene rings is 3. The molecule has 0 aliphatic heterocycles. The van der Waals surface area contributed by atoms with Crippen molar-refractivity contribution < 1.29 is 9.53 Å². The van der Waals surface area contributed by atoms with Crippen LogP contribution in [0.1, 0.15) is 37.5 Å². The van der Waals surface area contributed by atoms with Gasteiger partial charge in [0.2, 0.25) is 0 Å². The van der Waals surface area contributed by atoms with Gasteiger partial charge in [-0.05, 0) is 37.5 Å². The van der Waals surface area contributed by atoms with E-state index in [1.165, 1.54) is 16.7 Å². The second-order valence-corrected chi connectivity index (χ2v) is 9.81. The Labute approximate surface area is 195 Å². The smallest absolute Gasteiger partial charge is 0.408 e. The van der Waals surface area contributed by atoms with Crippen LogP contribution in [0.5, 0.6) is 0 Å². The summed E-state index contributed by atoms with van der Waals surface area (Å²) in [6.45, 7) is 9.52. The molecule has 0 saturated heterocycles. The van der Waals surface area contributed by atoms with Gasteiger partial charge in [-0.1, -0.05) is 97.1 Å². The lowest BCUT2D eigenvalue weighted by Gasteiger charge is -2.36.